The lowest BCUT2D eigenvalue weighted by Crippen LogP contribution is -2.25. The fourth-order valence-corrected chi connectivity index (χ4v) is 2.24. The molecule has 0 aliphatic heterocycles. The molecular weight excluding hydrogens is 242 g/mol. The highest BCUT2D eigenvalue weighted by Crippen LogP contribution is 2.23. The topological polar surface area (TPSA) is 42.1 Å². The zero-order valence-electron chi connectivity index (χ0n) is 11.9. The minimum atomic E-state index is 0.423. The number of anilines is 1. The molecule has 1 heterocycles. The largest absolute Gasteiger partial charge is 0.389 e. The highest BCUT2D eigenvalue weighted by atomic mass is 32.1. The van der Waals surface area contributed by atoms with E-state index in [1.54, 1.807) is 0 Å². The predicted octanol–water partition coefficient (Wildman–Crippen LogP) is 2.81. The summed E-state index contributed by atoms with van der Waals surface area (Å²) < 4.78 is 0. The Labute approximate surface area is 115 Å². The molecule has 100 valence electrons. The molecule has 3 nitrogen and oxygen atoms in total. The summed E-state index contributed by atoms with van der Waals surface area (Å²) in [6.45, 7) is 9.41. The second kappa shape index (κ2) is 6.14. The molecule has 0 saturated heterocycles. The third kappa shape index (κ3) is 3.67. The molecular formula is C14H23N3S. The Balaban J connectivity index is 3.09. The van der Waals surface area contributed by atoms with Gasteiger partial charge in [0.1, 0.15) is 4.99 Å². The van der Waals surface area contributed by atoms with Crippen LogP contribution in [-0.4, -0.2) is 23.6 Å². The van der Waals surface area contributed by atoms with Crippen LogP contribution in [0, 0.1) is 19.8 Å². The fourth-order valence-electron chi connectivity index (χ4n) is 1.99. The number of aromatic nitrogens is 1. The molecule has 0 atom stereocenters. The Morgan fingerprint density at radius 2 is 2.06 bits per heavy atom. The van der Waals surface area contributed by atoms with Crippen molar-refractivity contribution in [2.24, 2.45) is 11.7 Å². The van der Waals surface area contributed by atoms with Crippen LogP contribution in [0.2, 0.25) is 0 Å². The van der Waals surface area contributed by atoms with Gasteiger partial charge in [0.15, 0.2) is 0 Å². The number of thiocarbonyl (C=S) groups is 1. The average molecular weight is 265 g/mol. The molecule has 0 fully saturated rings. The zero-order chi connectivity index (χ0) is 13.9. The highest BCUT2D eigenvalue weighted by Gasteiger charge is 2.14. The Bertz CT molecular complexity index is 441. The van der Waals surface area contributed by atoms with Crippen LogP contribution in [0.4, 0.5) is 5.69 Å². The number of aryl methyl sites for hydroxylation is 2. The second-order valence-electron chi connectivity index (χ2n) is 5.21. The second-order valence-corrected chi connectivity index (χ2v) is 5.65. The van der Waals surface area contributed by atoms with Gasteiger partial charge < -0.3 is 10.6 Å². The van der Waals surface area contributed by atoms with E-state index in [2.05, 4.69) is 36.8 Å². The minimum Gasteiger partial charge on any atom is -0.389 e. The molecule has 18 heavy (non-hydrogen) atoms. The first-order valence-corrected chi connectivity index (χ1v) is 6.73. The molecule has 4 heteroatoms. The van der Waals surface area contributed by atoms with Crippen molar-refractivity contribution in [2.45, 2.75) is 34.1 Å². The Kier molecular flexibility index (Phi) is 5.08. The van der Waals surface area contributed by atoms with E-state index in [4.69, 9.17) is 18.0 Å². The number of nitrogens with zero attached hydrogens (tertiary/aromatic N) is 2. The van der Waals surface area contributed by atoms with Gasteiger partial charge in [-0.25, -0.2) is 0 Å². The summed E-state index contributed by atoms with van der Waals surface area (Å²) in [5.74, 6) is 0.685. The van der Waals surface area contributed by atoms with Crippen molar-refractivity contribution in [1.82, 2.24) is 4.98 Å². The molecule has 1 rings (SSSR count). The number of hydrogen-bond donors (Lipinski definition) is 1. The number of nitrogens with two attached hydrogens (primary N) is 1. The lowest BCUT2D eigenvalue weighted by atomic mass is 10.1. The monoisotopic (exact) mass is 265 g/mol. The molecule has 0 aliphatic rings. The van der Waals surface area contributed by atoms with Gasteiger partial charge in [-0.15, -0.1) is 0 Å². The van der Waals surface area contributed by atoms with Gasteiger partial charge in [-0.1, -0.05) is 26.1 Å². The van der Waals surface area contributed by atoms with Gasteiger partial charge in [0.2, 0.25) is 0 Å². The van der Waals surface area contributed by atoms with Crippen molar-refractivity contribution < 1.29 is 0 Å². The summed E-state index contributed by atoms with van der Waals surface area (Å²) in [6.07, 6.45) is 1.15. The van der Waals surface area contributed by atoms with Crippen molar-refractivity contribution >= 4 is 22.9 Å². The zero-order valence-corrected chi connectivity index (χ0v) is 12.8. The average Bonchev–Trinajstić information content (AvgIpc) is 2.23. The van der Waals surface area contributed by atoms with E-state index in [1.165, 1.54) is 0 Å². The van der Waals surface area contributed by atoms with Crippen LogP contribution in [-0.2, 0) is 0 Å². The van der Waals surface area contributed by atoms with Crippen molar-refractivity contribution in [3.8, 4) is 0 Å². The van der Waals surface area contributed by atoms with Gasteiger partial charge >= 0.3 is 0 Å². The van der Waals surface area contributed by atoms with Gasteiger partial charge in [-0.3, -0.25) is 4.98 Å². The molecule has 0 aliphatic carbocycles. The summed E-state index contributed by atoms with van der Waals surface area (Å²) in [5, 5.41) is 0. The number of pyridine rings is 1. The van der Waals surface area contributed by atoms with Crippen LogP contribution in [0.3, 0.4) is 0 Å². The lowest BCUT2D eigenvalue weighted by Gasteiger charge is -2.24. The van der Waals surface area contributed by atoms with E-state index in [1.807, 2.05) is 13.8 Å². The maximum atomic E-state index is 5.82. The van der Waals surface area contributed by atoms with E-state index < -0.39 is 0 Å². The van der Waals surface area contributed by atoms with Crippen LogP contribution < -0.4 is 10.6 Å². The molecule has 1 aromatic rings. The Morgan fingerprint density at radius 3 is 2.56 bits per heavy atom. The first kappa shape index (κ1) is 14.9. The molecule has 1 aromatic heterocycles. The molecule has 0 saturated carbocycles. The van der Waals surface area contributed by atoms with Crippen LogP contribution >= 0.6 is 12.2 Å². The molecule has 0 bridgehead atoms. The Hall–Kier alpha value is -1.16. The molecule has 0 radical (unpaired) electrons. The van der Waals surface area contributed by atoms with E-state index in [0.29, 0.717) is 10.9 Å². The lowest BCUT2D eigenvalue weighted by molar-refractivity contribution is 0.585. The third-order valence-electron chi connectivity index (χ3n) is 3.01. The quantitative estimate of drug-likeness (QED) is 0.831. The summed E-state index contributed by atoms with van der Waals surface area (Å²) >= 11 is 5.15. The molecule has 0 aromatic carbocycles. The van der Waals surface area contributed by atoms with E-state index in [-0.39, 0.29) is 0 Å². The summed E-state index contributed by atoms with van der Waals surface area (Å²) in [6, 6.07) is 2.06. The van der Waals surface area contributed by atoms with Crippen molar-refractivity contribution in [1.29, 1.82) is 0 Å². The maximum absolute atomic E-state index is 5.82. The molecule has 0 unspecified atom stereocenters. The SMILES string of the molecule is Cc1cc(N(C)CCC(C)C)c(C(N)=S)c(C)n1. The van der Waals surface area contributed by atoms with Gasteiger partial charge in [0.25, 0.3) is 0 Å². The summed E-state index contributed by atoms with van der Waals surface area (Å²) in [7, 11) is 2.08. The van der Waals surface area contributed by atoms with E-state index >= 15 is 0 Å². The normalized spacial score (nSPS) is 10.8. The van der Waals surface area contributed by atoms with E-state index in [9.17, 15) is 0 Å². The van der Waals surface area contributed by atoms with Gasteiger partial charge in [0.05, 0.1) is 11.3 Å². The van der Waals surface area contributed by atoms with Gasteiger partial charge in [-0.2, -0.15) is 0 Å². The van der Waals surface area contributed by atoms with Crippen molar-refractivity contribution in [3.63, 3.8) is 0 Å². The minimum absolute atomic E-state index is 0.423. The first-order valence-electron chi connectivity index (χ1n) is 6.32. The Morgan fingerprint density at radius 1 is 1.44 bits per heavy atom. The maximum Gasteiger partial charge on any atom is 0.107 e. The van der Waals surface area contributed by atoms with Crippen LogP contribution in [0.5, 0.6) is 0 Å². The van der Waals surface area contributed by atoms with E-state index in [0.717, 1.165) is 35.6 Å². The number of rotatable bonds is 5. The predicted molar refractivity (Wildman–Crippen MR) is 82.3 cm³/mol. The van der Waals surface area contributed by atoms with Gasteiger partial charge in [0, 0.05) is 25.0 Å². The van der Waals surface area contributed by atoms with Crippen molar-refractivity contribution in [2.75, 3.05) is 18.5 Å². The standard InChI is InChI=1S/C14H23N3S/c1-9(2)6-7-17(5)12-8-10(3)16-11(4)13(12)14(15)18/h8-9H,6-7H2,1-5H3,(H2,15,18). The van der Waals surface area contributed by atoms with Crippen LogP contribution in [0.15, 0.2) is 6.07 Å². The summed E-state index contributed by atoms with van der Waals surface area (Å²) in [5.41, 5.74) is 9.73. The molecule has 0 spiro atoms. The number of hydrogen-bond acceptors (Lipinski definition) is 3. The van der Waals surface area contributed by atoms with Crippen LogP contribution in [0.1, 0.15) is 37.2 Å². The molecule has 2 N–H and O–H groups in total. The summed E-state index contributed by atoms with van der Waals surface area (Å²) in [4.78, 5) is 7.08. The third-order valence-corrected chi connectivity index (χ3v) is 3.21. The van der Waals surface area contributed by atoms with Crippen LogP contribution in [0.25, 0.3) is 0 Å². The first-order chi connectivity index (χ1) is 8.32. The molecule has 0 amide bonds. The highest BCUT2D eigenvalue weighted by molar-refractivity contribution is 7.80. The van der Waals surface area contributed by atoms with Crippen molar-refractivity contribution in [3.05, 3.63) is 23.0 Å². The fraction of sp³-hybridized carbons (Fsp3) is 0.571. The van der Waals surface area contributed by atoms with Gasteiger partial charge in [-0.05, 0) is 32.3 Å². The smallest absolute Gasteiger partial charge is 0.107 e.